The molecule has 0 bridgehead atoms. The van der Waals surface area contributed by atoms with E-state index in [0.717, 1.165) is 56.9 Å². The van der Waals surface area contributed by atoms with Crippen molar-refractivity contribution in [3.05, 3.63) is 48.0 Å². The van der Waals surface area contributed by atoms with Gasteiger partial charge in [0.1, 0.15) is 39.8 Å². The number of hydrogen-bond donors (Lipinski definition) is 4. The maximum Gasteiger partial charge on any atom is 0.330 e. The number of nitrogens with zero attached hydrogens (tertiary/aromatic N) is 5. The second-order valence-corrected chi connectivity index (χ2v) is 15.2. The number of rotatable bonds is 7. The van der Waals surface area contributed by atoms with Crippen LogP contribution in [0.5, 0.6) is 5.75 Å². The molecule has 3 aromatic rings. The molecular formula is C37H46N8O6S. The summed E-state index contributed by atoms with van der Waals surface area (Å²) in [6.45, 7) is 0.0940. The van der Waals surface area contributed by atoms with Gasteiger partial charge in [-0.05, 0) is 62.8 Å². The number of nitrogens with one attached hydrogen (secondary N) is 3. The van der Waals surface area contributed by atoms with Gasteiger partial charge in [-0.3, -0.25) is 9.59 Å². The Morgan fingerprint density at radius 2 is 1.75 bits per heavy atom. The number of benzene rings is 1. The van der Waals surface area contributed by atoms with E-state index in [0.29, 0.717) is 35.0 Å². The molecule has 2 saturated carbocycles. The van der Waals surface area contributed by atoms with Crippen LogP contribution < -0.4 is 20.7 Å². The molecule has 2 aliphatic heterocycles. The van der Waals surface area contributed by atoms with Crippen LogP contribution in [-0.4, -0.2) is 91.1 Å². The minimum absolute atomic E-state index is 0.0594. The Balaban J connectivity index is 1.20. The number of carbonyl (C=O) groups excluding carboxylic acids is 3. The Morgan fingerprint density at radius 3 is 2.48 bits per heavy atom. The van der Waals surface area contributed by atoms with Crippen molar-refractivity contribution < 1.29 is 29.0 Å². The Hall–Kier alpha value is -4.79. The van der Waals surface area contributed by atoms with Crippen molar-refractivity contribution in [3.63, 3.8) is 0 Å². The molecule has 0 spiro atoms. The lowest BCUT2D eigenvalue weighted by atomic mass is 9.96. The molecule has 3 fully saturated rings. The maximum absolute atomic E-state index is 14.6. The fraction of sp³-hybridized carbons (Fsp3) is 0.541. The van der Waals surface area contributed by atoms with E-state index in [1.54, 1.807) is 18.1 Å². The zero-order valence-corrected chi connectivity index (χ0v) is 30.1. The Morgan fingerprint density at radius 1 is 1.00 bits per heavy atom. The molecular weight excluding hydrogens is 685 g/mol. The summed E-state index contributed by atoms with van der Waals surface area (Å²) in [5.41, 5.74) is 0.524. The van der Waals surface area contributed by atoms with Crippen molar-refractivity contribution in [2.75, 3.05) is 13.7 Å². The molecule has 14 nitrogen and oxygen atoms in total. The normalized spacial score (nSPS) is 27.7. The van der Waals surface area contributed by atoms with Crippen molar-refractivity contribution in [3.8, 4) is 27.7 Å². The second kappa shape index (κ2) is 15.4. The highest BCUT2D eigenvalue weighted by molar-refractivity contribution is 7.13. The van der Waals surface area contributed by atoms with Gasteiger partial charge in [-0.15, -0.1) is 16.4 Å². The lowest BCUT2D eigenvalue weighted by Gasteiger charge is -2.30. The van der Waals surface area contributed by atoms with Crippen molar-refractivity contribution >= 4 is 35.2 Å². The SMILES string of the molecule is COc1ccc(-c2nn([C@@H]3C[C@H]4C(=O)N[C@]5(C(=O)O)C[C@@H]5/C=C\CCCCC[C@H](NC(=O)NC5CCCCC5)C(=O)N4C3)nc2-c2nccs2)cc1. The van der Waals surface area contributed by atoms with Crippen molar-refractivity contribution in [1.29, 1.82) is 0 Å². The first-order chi connectivity index (χ1) is 25.3. The van der Waals surface area contributed by atoms with Gasteiger partial charge in [0.25, 0.3) is 0 Å². The number of thiazole rings is 1. The van der Waals surface area contributed by atoms with Gasteiger partial charge in [0.05, 0.1) is 13.2 Å². The van der Waals surface area contributed by atoms with Gasteiger partial charge in [0, 0.05) is 42.1 Å². The van der Waals surface area contributed by atoms with Crippen LogP contribution in [0.1, 0.15) is 83.1 Å². The Kier molecular flexibility index (Phi) is 10.6. The third-order valence-corrected chi connectivity index (χ3v) is 11.6. The smallest absolute Gasteiger partial charge is 0.330 e. The van der Waals surface area contributed by atoms with Crippen LogP contribution >= 0.6 is 11.3 Å². The molecule has 1 aromatic carbocycles. The molecule has 5 atom stereocenters. The zero-order valence-electron chi connectivity index (χ0n) is 29.3. The number of methoxy groups -OCH3 is 1. The van der Waals surface area contributed by atoms with Crippen molar-refractivity contribution in [2.45, 2.75) is 107 Å². The lowest BCUT2D eigenvalue weighted by molar-refractivity contribution is -0.145. The average molecular weight is 731 g/mol. The summed E-state index contributed by atoms with van der Waals surface area (Å²) >= 11 is 1.43. The molecule has 0 radical (unpaired) electrons. The predicted molar refractivity (Wildman–Crippen MR) is 193 cm³/mol. The largest absolute Gasteiger partial charge is 0.497 e. The molecule has 0 unspecified atom stereocenters. The average Bonchev–Trinajstić information content (AvgIpc) is 3.60. The van der Waals surface area contributed by atoms with E-state index in [1.165, 1.54) is 16.2 Å². The summed E-state index contributed by atoms with van der Waals surface area (Å²) < 4.78 is 5.35. The quantitative estimate of drug-likeness (QED) is 0.251. The standard InChI is InChI=1S/C37H46N8O6S/c1-51-27-16-14-23(15-17-27)30-31(33-38-18-19-52-33)43-45(42-30)26-20-29-32(46)41-37(35(48)49)21-24(37)10-6-3-2-4-9-13-28(34(47)44(29)22-26)40-36(50)39-25-11-7-5-8-12-25/h6,10,14-19,24-26,28-29H,2-5,7-9,11-13,20-22H2,1H3,(H,41,46)(H,48,49)(H2,39,40,50)/b10-6-/t24-,26+,28-,29-,37+/m0/s1. The van der Waals surface area contributed by atoms with Crippen LogP contribution in [-0.2, 0) is 14.4 Å². The summed E-state index contributed by atoms with van der Waals surface area (Å²) in [5.74, 6) is -1.66. The van der Waals surface area contributed by atoms with E-state index in [2.05, 4.69) is 20.9 Å². The molecule has 4 N–H and O–H groups in total. The highest BCUT2D eigenvalue weighted by Crippen LogP contribution is 2.46. The van der Waals surface area contributed by atoms with Crippen LogP contribution in [0.15, 0.2) is 48.0 Å². The highest BCUT2D eigenvalue weighted by Gasteiger charge is 2.61. The summed E-state index contributed by atoms with van der Waals surface area (Å²) in [6.07, 6.45) is 14.7. The topological polar surface area (TPSA) is 181 Å². The first-order valence-corrected chi connectivity index (χ1v) is 19.2. The number of hydrogen-bond acceptors (Lipinski definition) is 9. The molecule has 2 aromatic heterocycles. The summed E-state index contributed by atoms with van der Waals surface area (Å²) in [7, 11) is 1.60. The molecule has 276 valence electrons. The number of amides is 4. The number of ether oxygens (including phenoxy) is 1. The Bertz CT molecular complexity index is 1790. The highest BCUT2D eigenvalue weighted by atomic mass is 32.1. The molecule has 4 aliphatic rings. The minimum atomic E-state index is -1.43. The maximum atomic E-state index is 14.6. The third-order valence-electron chi connectivity index (χ3n) is 10.8. The van der Waals surface area contributed by atoms with Gasteiger partial charge >= 0.3 is 12.0 Å². The number of aliphatic carboxylic acids is 1. The molecule has 4 amide bonds. The second-order valence-electron chi connectivity index (χ2n) is 14.3. The Labute approximate surface area is 306 Å². The van der Waals surface area contributed by atoms with Crippen LogP contribution in [0.25, 0.3) is 22.0 Å². The summed E-state index contributed by atoms with van der Waals surface area (Å²) in [4.78, 5) is 62.1. The van der Waals surface area contributed by atoms with Crippen LogP contribution in [0.3, 0.4) is 0 Å². The van der Waals surface area contributed by atoms with E-state index in [1.807, 2.05) is 41.8 Å². The van der Waals surface area contributed by atoms with Crippen LogP contribution in [0, 0.1) is 5.92 Å². The fourth-order valence-corrected chi connectivity index (χ4v) is 8.41. The fourth-order valence-electron chi connectivity index (χ4n) is 7.79. The van der Waals surface area contributed by atoms with Crippen molar-refractivity contribution in [1.82, 2.24) is 40.8 Å². The van der Waals surface area contributed by atoms with Gasteiger partial charge < -0.3 is 30.7 Å². The number of carbonyl (C=O) groups is 4. The predicted octanol–water partition coefficient (Wildman–Crippen LogP) is 4.70. The van der Waals surface area contributed by atoms with Crippen LogP contribution in [0.4, 0.5) is 4.79 Å². The van der Waals surface area contributed by atoms with E-state index < -0.39 is 35.5 Å². The minimum Gasteiger partial charge on any atom is -0.497 e. The van der Waals surface area contributed by atoms with Gasteiger partial charge in [0.2, 0.25) is 11.8 Å². The number of aromatic nitrogens is 4. The summed E-state index contributed by atoms with van der Waals surface area (Å²) in [6, 6.07) is 4.73. The summed E-state index contributed by atoms with van der Waals surface area (Å²) in [5, 5.41) is 31.4. The number of urea groups is 1. The molecule has 15 heteroatoms. The number of carboxylic acids is 1. The van der Waals surface area contributed by atoms with Gasteiger partial charge in [-0.1, -0.05) is 44.3 Å². The first-order valence-electron chi connectivity index (χ1n) is 18.4. The number of allylic oxidation sites excluding steroid dienone is 1. The van der Waals surface area contributed by atoms with E-state index in [4.69, 9.17) is 14.9 Å². The molecule has 2 aliphatic carbocycles. The molecule has 52 heavy (non-hydrogen) atoms. The third kappa shape index (κ3) is 7.55. The molecule has 1 saturated heterocycles. The molecule has 7 rings (SSSR count). The van der Waals surface area contributed by atoms with E-state index in [-0.39, 0.29) is 43.3 Å². The lowest BCUT2D eigenvalue weighted by Crippen LogP contribution is -2.57. The van der Waals surface area contributed by atoms with Gasteiger partial charge in [0.15, 0.2) is 0 Å². The monoisotopic (exact) mass is 730 g/mol. The number of fused-ring (bicyclic) bond motifs is 2. The zero-order chi connectivity index (χ0) is 36.2. The van der Waals surface area contributed by atoms with Crippen LogP contribution in [0.2, 0.25) is 0 Å². The van der Waals surface area contributed by atoms with Gasteiger partial charge in [-0.25, -0.2) is 14.6 Å². The van der Waals surface area contributed by atoms with E-state index >= 15 is 0 Å². The van der Waals surface area contributed by atoms with Gasteiger partial charge in [-0.2, -0.15) is 9.90 Å². The van der Waals surface area contributed by atoms with E-state index in [9.17, 15) is 24.3 Å². The van der Waals surface area contributed by atoms with Crippen molar-refractivity contribution in [2.24, 2.45) is 5.92 Å². The first kappa shape index (κ1) is 35.6. The molecule has 4 heterocycles. The number of carboxylic acid groups (broad SMARTS) is 1.